The summed E-state index contributed by atoms with van der Waals surface area (Å²) in [7, 11) is 0. The second-order valence-electron chi connectivity index (χ2n) is 6.66. The number of carbonyl (C=O) groups excluding carboxylic acids is 3. The van der Waals surface area contributed by atoms with Gasteiger partial charge in [0.15, 0.2) is 12.3 Å². The van der Waals surface area contributed by atoms with E-state index in [0.29, 0.717) is 16.7 Å². The number of carbonyl (C=O) groups is 3. The van der Waals surface area contributed by atoms with Gasteiger partial charge >= 0.3 is 5.97 Å². The number of benzene rings is 1. The standard InChI is InChI=1S/C20H21N5O4/c1-12(2)25-19-15(9-23-25)14(8-16(24-19)13-6-4-3-5-7-13)20(28)29-11-18(27)22-10-17(21)26/h3-9,12H,10-11H2,1-2H3,(H2,21,26)(H,22,27). The molecular formula is C20H21N5O4. The number of pyridine rings is 1. The predicted octanol–water partition coefficient (Wildman–Crippen LogP) is 1.44. The Morgan fingerprint density at radius 3 is 2.59 bits per heavy atom. The lowest BCUT2D eigenvalue weighted by molar-refractivity contribution is -0.127. The average molecular weight is 395 g/mol. The van der Waals surface area contributed by atoms with E-state index in [1.54, 1.807) is 16.9 Å². The van der Waals surface area contributed by atoms with Gasteiger partial charge in [-0.3, -0.25) is 9.59 Å². The lowest BCUT2D eigenvalue weighted by Crippen LogP contribution is -2.36. The second kappa shape index (κ2) is 8.51. The molecule has 0 spiro atoms. The molecule has 3 aromatic rings. The number of nitrogens with zero attached hydrogens (tertiary/aromatic N) is 3. The predicted molar refractivity (Wildman–Crippen MR) is 106 cm³/mol. The molecule has 0 bridgehead atoms. The first kappa shape index (κ1) is 20.0. The molecule has 1 aromatic carbocycles. The van der Waals surface area contributed by atoms with E-state index < -0.39 is 24.4 Å². The molecule has 3 N–H and O–H groups in total. The maximum atomic E-state index is 12.7. The molecule has 3 rings (SSSR count). The molecule has 0 fully saturated rings. The van der Waals surface area contributed by atoms with Crippen LogP contribution in [0, 0.1) is 0 Å². The normalized spacial score (nSPS) is 10.9. The van der Waals surface area contributed by atoms with E-state index in [1.165, 1.54) is 0 Å². The molecule has 0 saturated heterocycles. The van der Waals surface area contributed by atoms with Crippen LogP contribution in [0.5, 0.6) is 0 Å². The van der Waals surface area contributed by atoms with E-state index >= 15 is 0 Å². The number of primary amides is 1. The maximum absolute atomic E-state index is 12.7. The Kier molecular flexibility index (Phi) is 5.87. The number of fused-ring (bicyclic) bond motifs is 1. The molecule has 2 amide bonds. The number of ether oxygens (including phenoxy) is 1. The number of rotatable bonds is 7. The molecule has 29 heavy (non-hydrogen) atoms. The first-order chi connectivity index (χ1) is 13.9. The number of esters is 1. The molecule has 0 aliphatic rings. The summed E-state index contributed by atoms with van der Waals surface area (Å²) in [4.78, 5) is 39.8. The molecule has 9 heteroatoms. The van der Waals surface area contributed by atoms with Gasteiger partial charge in [-0.2, -0.15) is 5.10 Å². The first-order valence-electron chi connectivity index (χ1n) is 9.02. The number of nitrogens with two attached hydrogens (primary N) is 1. The van der Waals surface area contributed by atoms with Gasteiger partial charge in [0.05, 0.1) is 29.4 Å². The zero-order valence-electron chi connectivity index (χ0n) is 16.1. The Labute approximate surface area is 166 Å². The maximum Gasteiger partial charge on any atom is 0.339 e. The highest BCUT2D eigenvalue weighted by atomic mass is 16.5. The van der Waals surface area contributed by atoms with Crippen LogP contribution in [0.15, 0.2) is 42.6 Å². The number of hydrogen-bond acceptors (Lipinski definition) is 6. The molecule has 0 aliphatic heterocycles. The topological polar surface area (TPSA) is 129 Å². The third kappa shape index (κ3) is 4.57. The fraction of sp³-hybridized carbons (Fsp3) is 0.250. The van der Waals surface area contributed by atoms with Gasteiger partial charge in [0.2, 0.25) is 5.91 Å². The monoisotopic (exact) mass is 395 g/mol. The Morgan fingerprint density at radius 2 is 1.93 bits per heavy atom. The lowest BCUT2D eigenvalue weighted by Gasteiger charge is -2.11. The third-order valence-corrected chi connectivity index (χ3v) is 4.14. The summed E-state index contributed by atoms with van der Waals surface area (Å²) in [5.41, 5.74) is 7.19. The highest BCUT2D eigenvalue weighted by Gasteiger charge is 2.20. The van der Waals surface area contributed by atoms with Crippen LogP contribution in [0.4, 0.5) is 0 Å². The highest BCUT2D eigenvalue weighted by Crippen LogP contribution is 2.26. The van der Waals surface area contributed by atoms with Gasteiger partial charge in [-0.15, -0.1) is 0 Å². The summed E-state index contributed by atoms with van der Waals surface area (Å²) in [6, 6.07) is 11.1. The largest absolute Gasteiger partial charge is 0.452 e. The van der Waals surface area contributed by atoms with Crippen LogP contribution in [0.2, 0.25) is 0 Å². The van der Waals surface area contributed by atoms with Crippen molar-refractivity contribution in [2.45, 2.75) is 19.9 Å². The van der Waals surface area contributed by atoms with Crippen molar-refractivity contribution in [2.24, 2.45) is 5.73 Å². The van der Waals surface area contributed by atoms with Crippen LogP contribution in [0.1, 0.15) is 30.2 Å². The van der Waals surface area contributed by atoms with E-state index in [9.17, 15) is 14.4 Å². The smallest absolute Gasteiger partial charge is 0.339 e. The molecule has 150 valence electrons. The summed E-state index contributed by atoms with van der Waals surface area (Å²) < 4.78 is 6.84. The van der Waals surface area contributed by atoms with Crippen LogP contribution in [0.25, 0.3) is 22.3 Å². The fourth-order valence-corrected chi connectivity index (χ4v) is 2.77. The molecule has 0 saturated carbocycles. The van der Waals surface area contributed by atoms with Crippen LogP contribution in [-0.2, 0) is 14.3 Å². The zero-order chi connectivity index (χ0) is 21.0. The van der Waals surface area contributed by atoms with Gasteiger partial charge in [0.1, 0.15) is 0 Å². The van der Waals surface area contributed by atoms with Crippen molar-refractivity contribution < 1.29 is 19.1 Å². The third-order valence-electron chi connectivity index (χ3n) is 4.14. The van der Waals surface area contributed by atoms with Crippen molar-refractivity contribution in [2.75, 3.05) is 13.2 Å². The van der Waals surface area contributed by atoms with Gasteiger partial charge in [0, 0.05) is 11.6 Å². The Balaban J connectivity index is 1.94. The van der Waals surface area contributed by atoms with Crippen molar-refractivity contribution in [3.8, 4) is 11.3 Å². The molecule has 2 heterocycles. The Hall–Kier alpha value is -3.75. The van der Waals surface area contributed by atoms with Crippen molar-refractivity contribution in [1.82, 2.24) is 20.1 Å². The molecule has 9 nitrogen and oxygen atoms in total. The molecule has 0 unspecified atom stereocenters. The lowest BCUT2D eigenvalue weighted by atomic mass is 10.1. The summed E-state index contributed by atoms with van der Waals surface area (Å²) in [5, 5.41) is 7.12. The number of hydrogen-bond donors (Lipinski definition) is 2. The second-order valence-corrected chi connectivity index (χ2v) is 6.66. The van der Waals surface area contributed by atoms with E-state index in [0.717, 1.165) is 5.56 Å². The van der Waals surface area contributed by atoms with E-state index in [2.05, 4.69) is 15.4 Å². The van der Waals surface area contributed by atoms with Crippen molar-refractivity contribution in [1.29, 1.82) is 0 Å². The number of aromatic nitrogens is 3. The zero-order valence-corrected chi connectivity index (χ0v) is 16.1. The molecule has 2 aromatic heterocycles. The molecule has 0 aliphatic carbocycles. The van der Waals surface area contributed by atoms with E-state index in [1.807, 2.05) is 44.2 Å². The van der Waals surface area contributed by atoms with Gasteiger partial charge in [-0.25, -0.2) is 14.5 Å². The number of amides is 2. The molecule has 0 radical (unpaired) electrons. The highest BCUT2D eigenvalue weighted by molar-refractivity contribution is 6.04. The van der Waals surface area contributed by atoms with Crippen LogP contribution in [-0.4, -0.2) is 45.7 Å². The van der Waals surface area contributed by atoms with Crippen LogP contribution >= 0.6 is 0 Å². The van der Waals surface area contributed by atoms with Gasteiger partial charge < -0.3 is 15.8 Å². The fourth-order valence-electron chi connectivity index (χ4n) is 2.77. The van der Waals surface area contributed by atoms with Crippen molar-refractivity contribution in [3.05, 3.63) is 48.2 Å². The van der Waals surface area contributed by atoms with E-state index in [4.69, 9.17) is 10.5 Å². The van der Waals surface area contributed by atoms with Crippen LogP contribution < -0.4 is 11.1 Å². The quantitative estimate of drug-likeness (QED) is 0.582. The summed E-state index contributed by atoms with van der Waals surface area (Å²) in [6.07, 6.45) is 1.56. The Bertz CT molecular complexity index is 1060. The average Bonchev–Trinajstić information content (AvgIpc) is 3.14. The minimum absolute atomic E-state index is 0.0365. The summed E-state index contributed by atoms with van der Waals surface area (Å²) >= 11 is 0. The SMILES string of the molecule is CC(C)n1ncc2c(C(=O)OCC(=O)NCC(N)=O)cc(-c3ccccc3)nc21. The van der Waals surface area contributed by atoms with Gasteiger partial charge in [-0.1, -0.05) is 30.3 Å². The minimum atomic E-state index is -0.688. The van der Waals surface area contributed by atoms with Crippen molar-refractivity contribution in [3.63, 3.8) is 0 Å². The molecular weight excluding hydrogens is 374 g/mol. The first-order valence-corrected chi connectivity index (χ1v) is 9.02. The molecule has 0 atom stereocenters. The van der Waals surface area contributed by atoms with Gasteiger partial charge in [-0.05, 0) is 19.9 Å². The summed E-state index contributed by atoms with van der Waals surface area (Å²) in [6.45, 7) is 3.07. The Morgan fingerprint density at radius 1 is 1.21 bits per heavy atom. The van der Waals surface area contributed by atoms with Crippen LogP contribution in [0.3, 0.4) is 0 Å². The van der Waals surface area contributed by atoms with E-state index in [-0.39, 0.29) is 18.2 Å². The van der Waals surface area contributed by atoms with Crippen molar-refractivity contribution >= 4 is 28.8 Å². The summed E-state index contributed by atoms with van der Waals surface area (Å²) in [5.74, 6) is -2.00. The van der Waals surface area contributed by atoms with Gasteiger partial charge in [0.25, 0.3) is 5.91 Å². The minimum Gasteiger partial charge on any atom is -0.452 e. The number of nitrogens with one attached hydrogen (secondary N) is 1.